The molecule has 0 saturated heterocycles. The van der Waals surface area contributed by atoms with E-state index in [4.69, 9.17) is 5.73 Å². The lowest BCUT2D eigenvalue weighted by atomic mass is 9.47. The minimum absolute atomic E-state index is 0.346. The van der Waals surface area contributed by atoms with E-state index >= 15 is 0 Å². The van der Waals surface area contributed by atoms with Crippen molar-refractivity contribution in [3.8, 4) is 0 Å². The van der Waals surface area contributed by atoms with Crippen LogP contribution in [-0.4, -0.2) is 11.7 Å². The second-order valence-electron chi connectivity index (χ2n) is 9.17. The Morgan fingerprint density at radius 1 is 1.17 bits per heavy atom. The lowest BCUT2D eigenvalue weighted by Crippen LogP contribution is -2.49. The van der Waals surface area contributed by atoms with Crippen LogP contribution in [0.3, 0.4) is 0 Å². The Kier molecular flexibility index (Phi) is 3.77. The quantitative estimate of drug-likeness (QED) is 0.689. The fraction of sp³-hybridized carbons (Fsp3) is 0.800. The van der Waals surface area contributed by atoms with Gasteiger partial charge in [-0.1, -0.05) is 25.8 Å². The highest BCUT2D eigenvalue weighted by Gasteiger charge is 2.55. The first kappa shape index (κ1) is 16.2. The summed E-state index contributed by atoms with van der Waals surface area (Å²) in [6, 6.07) is -0.578. The maximum atomic E-state index is 10.9. The number of urea groups is 1. The minimum atomic E-state index is -0.578. The molecule has 0 aromatic rings. The number of nitrogens with two attached hydrogens (primary N) is 1. The van der Waals surface area contributed by atoms with Crippen LogP contribution in [0.15, 0.2) is 16.8 Å². The van der Waals surface area contributed by atoms with Crippen LogP contribution >= 0.6 is 0 Å². The van der Waals surface area contributed by atoms with Crippen molar-refractivity contribution in [1.29, 1.82) is 0 Å². The summed E-state index contributed by atoms with van der Waals surface area (Å²) in [4.78, 5) is 10.9. The maximum absolute atomic E-state index is 10.9. The highest BCUT2D eigenvalue weighted by Crippen LogP contribution is 2.65. The summed E-state index contributed by atoms with van der Waals surface area (Å²) in [5, 5.41) is 4.19. The number of nitrogens with zero attached hydrogens (tertiary/aromatic N) is 1. The predicted molar refractivity (Wildman–Crippen MR) is 96.5 cm³/mol. The Bertz CT molecular complexity index is 610. The molecule has 3 saturated carbocycles. The molecule has 0 spiro atoms. The summed E-state index contributed by atoms with van der Waals surface area (Å²) in [6.07, 6.45) is 14.1. The summed E-state index contributed by atoms with van der Waals surface area (Å²) < 4.78 is 0. The number of rotatable bonds is 1. The van der Waals surface area contributed by atoms with Crippen LogP contribution in [0.1, 0.15) is 71.6 Å². The van der Waals surface area contributed by atoms with E-state index in [1.165, 1.54) is 51.4 Å². The van der Waals surface area contributed by atoms with Crippen molar-refractivity contribution in [1.82, 2.24) is 5.43 Å². The number of primary amides is 1. The van der Waals surface area contributed by atoms with E-state index in [1.54, 1.807) is 5.57 Å². The number of hydrogen-bond acceptors (Lipinski definition) is 2. The number of amides is 2. The van der Waals surface area contributed by atoms with Gasteiger partial charge in [0.1, 0.15) is 0 Å². The monoisotopic (exact) mass is 329 g/mol. The Labute approximate surface area is 145 Å². The Hall–Kier alpha value is -1.32. The average Bonchev–Trinajstić information content (AvgIpc) is 2.94. The van der Waals surface area contributed by atoms with E-state index in [1.807, 2.05) is 0 Å². The topological polar surface area (TPSA) is 67.5 Å². The number of fused-ring (bicyclic) bond motifs is 5. The van der Waals surface area contributed by atoms with Crippen molar-refractivity contribution in [2.45, 2.75) is 71.6 Å². The molecule has 24 heavy (non-hydrogen) atoms. The van der Waals surface area contributed by atoms with Gasteiger partial charge in [0.05, 0.1) is 5.71 Å². The van der Waals surface area contributed by atoms with E-state index in [0.717, 1.165) is 29.9 Å². The van der Waals surface area contributed by atoms with Crippen molar-refractivity contribution >= 4 is 11.7 Å². The largest absolute Gasteiger partial charge is 0.350 e. The molecule has 4 nitrogen and oxygen atoms in total. The van der Waals surface area contributed by atoms with Crippen LogP contribution in [0, 0.1) is 28.6 Å². The second-order valence-corrected chi connectivity index (χ2v) is 9.17. The fourth-order valence-corrected chi connectivity index (χ4v) is 6.78. The summed E-state index contributed by atoms with van der Waals surface area (Å²) in [6.45, 7) is 5.07. The molecule has 0 heterocycles. The molecule has 5 atom stereocenters. The molecule has 0 bridgehead atoms. The van der Waals surface area contributed by atoms with Gasteiger partial charge in [-0.2, -0.15) is 5.10 Å². The fourth-order valence-electron chi connectivity index (χ4n) is 6.78. The zero-order valence-corrected chi connectivity index (χ0v) is 15.1. The third-order valence-corrected chi connectivity index (χ3v) is 8.07. The number of allylic oxidation sites excluding steroid dienone is 2. The van der Waals surface area contributed by atoms with Gasteiger partial charge < -0.3 is 5.73 Å². The average molecular weight is 329 g/mol. The van der Waals surface area contributed by atoms with Gasteiger partial charge in [0.25, 0.3) is 0 Å². The van der Waals surface area contributed by atoms with Crippen molar-refractivity contribution in [2.75, 3.05) is 0 Å². The molecular weight excluding hydrogens is 298 g/mol. The van der Waals surface area contributed by atoms with E-state index in [2.05, 4.69) is 30.5 Å². The van der Waals surface area contributed by atoms with Gasteiger partial charge in [-0.25, -0.2) is 10.2 Å². The van der Waals surface area contributed by atoms with Crippen LogP contribution in [-0.2, 0) is 0 Å². The van der Waals surface area contributed by atoms with E-state index in [0.29, 0.717) is 10.8 Å². The first-order chi connectivity index (χ1) is 11.4. The molecule has 0 aliphatic heterocycles. The zero-order chi connectivity index (χ0) is 16.9. The number of hydrazone groups is 1. The molecule has 4 heteroatoms. The molecule has 0 unspecified atom stereocenters. The van der Waals surface area contributed by atoms with Crippen LogP contribution in [0.2, 0.25) is 0 Å². The standard InChI is InChI=1S/C20H31N3O/c1-19-9-3-4-16(19)15-6-5-13-12-14(22-23-18(21)24)7-11-20(13,2)17(15)8-10-19/h12,15-17H,3-11H2,1-2H3,(H3,21,23,24)/b22-14-/t15-,16-,17-,19-,20-/m1/s1. The minimum Gasteiger partial charge on any atom is -0.350 e. The molecule has 132 valence electrons. The first-order valence-electron chi connectivity index (χ1n) is 9.75. The zero-order valence-electron chi connectivity index (χ0n) is 15.1. The number of carbonyl (C=O) groups is 1. The molecule has 4 rings (SSSR count). The smallest absolute Gasteiger partial charge is 0.332 e. The van der Waals surface area contributed by atoms with Crippen LogP contribution < -0.4 is 11.2 Å². The van der Waals surface area contributed by atoms with E-state index in [-0.39, 0.29) is 0 Å². The Morgan fingerprint density at radius 2 is 2.00 bits per heavy atom. The lowest BCUT2D eigenvalue weighted by molar-refractivity contribution is -0.0335. The van der Waals surface area contributed by atoms with Gasteiger partial charge in [0.2, 0.25) is 0 Å². The molecule has 2 amide bonds. The third kappa shape index (κ3) is 2.41. The molecule has 3 N–H and O–H groups in total. The Balaban J connectivity index is 1.60. The van der Waals surface area contributed by atoms with Crippen molar-refractivity contribution < 1.29 is 4.79 Å². The maximum Gasteiger partial charge on any atom is 0.332 e. The van der Waals surface area contributed by atoms with Crippen LogP contribution in [0.5, 0.6) is 0 Å². The molecule has 3 fully saturated rings. The van der Waals surface area contributed by atoms with Crippen molar-refractivity contribution in [2.24, 2.45) is 39.4 Å². The van der Waals surface area contributed by atoms with Gasteiger partial charge >= 0.3 is 6.03 Å². The van der Waals surface area contributed by atoms with Gasteiger partial charge in [-0.05, 0) is 86.0 Å². The predicted octanol–water partition coefficient (Wildman–Crippen LogP) is 4.36. The van der Waals surface area contributed by atoms with Gasteiger partial charge in [0, 0.05) is 0 Å². The van der Waals surface area contributed by atoms with Gasteiger partial charge in [0.15, 0.2) is 0 Å². The van der Waals surface area contributed by atoms with Crippen LogP contribution in [0.25, 0.3) is 0 Å². The number of nitrogens with one attached hydrogen (secondary N) is 1. The summed E-state index contributed by atoms with van der Waals surface area (Å²) in [5.41, 5.74) is 11.1. The van der Waals surface area contributed by atoms with Crippen molar-refractivity contribution in [3.05, 3.63) is 11.6 Å². The summed E-state index contributed by atoms with van der Waals surface area (Å²) >= 11 is 0. The Morgan fingerprint density at radius 3 is 2.79 bits per heavy atom. The SMILES string of the molecule is C[C@]12CCC[C@@H]1[C@H]1CCC3=C/C(=N\NC(N)=O)CC[C@@]3(C)[C@@H]1CC2. The lowest BCUT2D eigenvalue weighted by Gasteiger charge is -2.57. The first-order valence-corrected chi connectivity index (χ1v) is 9.75. The van der Waals surface area contributed by atoms with E-state index in [9.17, 15) is 4.79 Å². The normalized spacial score (nSPS) is 45.8. The summed E-state index contributed by atoms with van der Waals surface area (Å²) in [7, 11) is 0. The molecule has 0 aromatic carbocycles. The molecule has 4 aliphatic rings. The summed E-state index contributed by atoms with van der Waals surface area (Å²) in [5.74, 6) is 2.73. The van der Waals surface area contributed by atoms with Crippen molar-refractivity contribution in [3.63, 3.8) is 0 Å². The highest BCUT2D eigenvalue weighted by atomic mass is 16.2. The second kappa shape index (κ2) is 5.60. The highest BCUT2D eigenvalue weighted by molar-refractivity contribution is 5.97. The number of carbonyl (C=O) groups excluding carboxylic acids is 1. The molecule has 0 aromatic heterocycles. The van der Waals surface area contributed by atoms with Gasteiger partial charge in [-0.3, -0.25) is 0 Å². The molecular formula is C20H31N3O. The third-order valence-electron chi connectivity index (χ3n) is 8.07. The molecule has 4 aliphatic carbocycles. The van der Waals surface area contributed by atoms with E-state index < -0.39 is 6.03 Å². The van der Waals surface area contributed by atoms with Gasteiger partial charge in [-0.15, -0.1) is 0 Å². The number of hydrogen-bond donors (Lipinski definition) is 2. The molecule has 0 radical (unpaired) electrons. The van der Waals surface area contributed by atoms with Crippen LogP contribution in [0.4, 0.5) is 4.79 Å².